The first kappa shape index (κ1) is 20.7. The number of nitrogens with zero attached hydrogens (tertiary/aromatic N) is 1. The van der Waals surface area contributed by atoms with Crippen LogP contribution in [0.3, 0.4) is 0 Å². The molecule has 1 aromatic carbocycles. The highest BCUT2D eigenvalue weighted by atomic mass is 35.5. The lowest BCUT2D eigenvalue weighted by Gasteiger charge is -2.43. The first-order valence-corrected chi connectivity index (χ1v) is 7.42. The zero-order chi connectivity index (χ0) is 14.0. The van der Waals surface area contributed by atoms with Crippen molar-refractivity contribution < 1.29 is 0 Å². The average Bonchev–Trinajstić information content (AvgIpc) is 2.33. The third kappa shape index (κ3) is 4.85. The Kier molecular flexibility index (Phi) is 8.27. The van der Waals surface area contributed by atoms with Gasteiger partial charge in [-0.3, -0.25) is 4.90 Å². The highest BCUT2D eigenvalue weighted by molar-refractivity contribution is 5.85. The molecule has 1 saturated heterocycles. The van der Waals surface area contributed by atoms with Crippen molar-refractivity contribution in [1.29, 1.82) is 0 Å². The van der Waals surface area contributed by atoms with Gasteiger partial charge in [0.2, 0.25) is 0 Å². The molecule has 2 nitrogen and oxygen atoms in total. The normalized spacial score (nSPS) is 17.6. The van der Waals surface area contributed by atoms with Gasteiger partial charge in [0, 0.05) is 32.2 Å². The van der Waals surface area contributed by atoms with Crippen molar-refractivity contribution in [3.8, 4) is 0 Å². The number of rotatable bonds is 2. The molecule has 1 aliphatic heterocycles. The lowest BCUT2D eigenvalue weighted by molar-refractivity contribution is 0.0853. The summed E-state index contributed by atoms with van der Waals surface area (Å²) in [7, 11) is 0. The fourth-order valence-corrected chi connectivity index (χ4v) is 3.36. The first-order valence-electron chi connectivity index (χ1n) is 7.42. The molecule has 0 unspecified atom stereocenters. The Labute approximate surface area is 142 Å². The van der Waals surface area contributed by atoms with Gasteiger partial charge in [0.25, 0.3) is 0 Å². The molecule has 4 heteroatoms. The van der Waals surface area contributed by atoms with E-state index in [4.69, 9.17) is 0 Å². The van der Waals surface area contributed by atoms with Crippen LogP contribution in [0.4, 0.5) is 0 Å². The SMILES string of the molecule is Cc1cccc(C)c1[C@@H](N1CCNCC1)C(C)(C)C.Cl.Cl. The van der Waals surface area contributed by atoms with E-state index in [0.29, 0.717) is 6.04 Å². The molecule has 0 amide bonds. The molecular formula is C17H30Cl2N2. The molecule has 0 aliphatic carbocycles. The van der Waals surface area contributed by atoms with Gasteiger partial charge in [-0.25, -0.2) is 0 Å². The largest absolute Gasteiger partial charge is 0.314 e. The Hall–Kier alpha value is -0.280. The minimum atomic E-state index is 0. The second kappa shape index (κ2) is 8.38. The second-order valence-electron chi connectivity index (χ2n) is 6.86. The van der Waals surface area contributed by atoms with Crippen LogP contribution >= 0.6 is 24.8 Å². The fraction of sp³-hybridized carbons (Fsp3) is 0.647. The topological polar surface area (TPSA) is 15.3 Å². The van der Waals surface area contributed by atoms with Crippen molar-refractivity contribution in [3.63, 3.8) is 0 Å². The smallest absolute Gasteiger partial charge is 0.0402 e. The monoisotopic (exact) mass is 332 g/mol. The molecule has 21 heavy (non-hydrogen) atoms. The third-order valence-corrected chi connectivity index (χ3v) is 4.15. The summed E-state index contributed by atoms with van der Waals surface area (Å²) >= 11 is 0. The van der Waals surface area contributed by atoms with Crippen molar-refractivity contribution in [1.82, 2.24) is 10.2 Å². The highest BCUT2D eigenvalue weighted by Crippen LogP contribution is 2.40. The number of aryl methyl sites for hydroxylation is 2. The van der Waals surface area contributed by atoms with Crippen molar-refractivity contribution in [3.05, 3.63) is 34.9 Å². The molecule has 1 heterocycles. The van der Waals surface area contributed by atoms with Gasteiger partial charge >= 0.3 is 0 Å². The van der Waals surface area contributed by atoms with E-state index in [1.54, 1.807) is 0 Å². The summed E-state index contributed by atoms with van der Waals surface area (Å²) in [5, 5.41) is 3.46. The van der Waals surface area contributed by atoms with Gasteiger partial charge in [0.15, 0.2) is 0 Å². The number of halogens is 2. The van der Waals surface area contributed by atoms with Crippen molar-refractivity contribution in [2.45, 2.75) is 40.7 Å². The maximum absolute atomic E-state index is 3.46. The van der Waals surface area contributed by atoms with Crippen LogP contribution in [-0.2, 0) is 0 Å². The van der Waals surface area contributed by atoms with Gasteiger partial charge < -0.3 is 5.32 Å². The van der Waals surface area contributed by atoms with E-state index in [2.05, 4.69) is 63.0 Å². The van der Waals surface area contributed by atoms with E-state index < -0.39 is 0 Å². The lowest BCUT2D eigenvalue weighted by atomic mass is 9.78. The van der Waals surface area contributed by atoms with Crippen LogP contribution in [0.25, 0.3) is 0 Å². The first-order chi connectivity index (χ1) is 8.91. The minimum absolute atomic E-state index is 0. The number of hydrogen-bond acceptors (Lipinski definition) is 2. The summed E-state index contributed by atoms with van der Waals surface area (Å²) in [4.78, 5) is 2.66. The summed E-state index contributed by atoms with van der Waals surface area (Å²) in [5.74, 6) is 0. The Balaban J connectivity index is 0.00000200. The van der Waals surface area contributed by atoms with Crippen molar-refractivity contribution >= 4 is 24.8 Å². The van der Waals surface area contributed by atoms with E-state index in [1.807, 2.05) is 0 Å². The summed E-state index contributed by atoms with van der Waals surface area (Å²) < 4.78 is 0. The summed E-state index contributed by atoms with van der Waals surface area (Å²) in [6.07, 6.45) is 0. The van der Waals surface area contributed by atoms with Gasteiger partial charge in [0.05, 0.1) is 0 Å². The molecule has 1 aliphatic rings. The Morgan fingerprint density at radius 1 is 1.00 bits per heavy atom. The third-order valence-electron chi connectivity index (χ3n) is 4.15. The van der Waals surface area contributed by atoms with Gasteiger partial charge in [0.1, 0.15) is 0 Å². The molecule has 1 aromatic rings. The number of benzene rings is 1. The van der Waals surface area contributed by atoms with E-state index in [0.717, 1.165) is 26.2 Å². The molecule has 1 atom stereocenters. The van der Waals surface area contributed by atoms with Gasteiger partial charge in [-0.05, 0) is 36.0 Å². The molecule has 2 rings (SSSR count). The minimum Gasteiger partial charge on any atom is -0.314 e. The summed E-state index contributed by atoms with van der Waals surface area (Å²) in [5.41, 5.74) is 4.66. The quantitative estimate of drug-likeness (QED) is 0.875. The number of nitrogens with one attached hydrogen (secondary N) is 1. The molecular weight excluding hydrogens is 303 g/mol. The fourth-order valence-electron chi connectivity index (χ4n) is 3.36. The van der Waals surface area contributed by atoms with Crippen LogP contribution in [0.1, 0.15) is 43.5 Å². The molecule has 122 valence electrons. The van der Waals surface area contributed by atoms with E-state index in [-0.39, 0.29) is 30.2 Å². The molecule has 1 fully saturated rings. The molecule has 0 aromatic heterocycles. The van der Waals surface area contributed by atoms with E-state index in [9.17, 15) is 0 Å². The second-order valence-corrected chi connectivity index (χ2v) is 6.86. The summed E-state index contributed by atoms with van der Waals surface area (Å²) in [6, 6.07) is 7.19. The van der Waals surface area contributed by atoms with E-state index in [1.165, 1.54) is 16.7 Å². The number of piperazine rings is 1. The Bertz CT molecular complexity index is 415. The van der Waals surface area contributed by atoms with E-state index >= 15 is 0 Å². The average molecular weight is 333 g/mol. The zero-order valence-electron chi connectivity index (χ0n) is 13.9. The van der Waals surface area contributed by atoms with Crippen LogP contribution in [0.5, 0.6) is 0 Å². The predicted octanol–water partition coefficient (Wildman–Crippen LogP) is 4.14. The van der Waals surface area contributed by atoms with Gasteiger partial charge in [-0.2, -0.15) is 0 Å². The van der Waals surface area contributed by atoms with Crippen LogP contribution in [0.2, 0.25) is 0 Å². The predicted molar refractivity (Wildman–Crippen MR) is 97.1 cm³/mol. The molecule has 0 saturated carbocycles. The van der Waals surface area contributed by atoms with Crippen molar-refractivity contribution in [2.24, 2.45) is 5.41 Å². The molecule has 1 N–H and O–H groups in total. The number of hydrogen-bond donors (Lipinski definition) is 1. The maximum atomic E-state index is 3.46. The van der Waals surface area contributed by atoms with Crippen LogP contribution in [0, 0.1) is 19.3 Å². The highest BCUT2D eigenvalue weighted by Gasteiger charge is 2.34. The van der Waals surface area contributed by atoms with Crippen LogP contribution in [0.15, 0.2) is 18.2 Å². The summed E-state index contributed by atoms with van der Waals surface area (Å²) in [6.45, 7) is 16.1. The van der Waals surface area contributed by atoms with Crippen LogP contribution < -0.4 is 5.32 Å². The maximum Gasteiger partial charge on any atom is 0.0402 e. The molecule has 0 spiro atoms. The Morgan fingerprint density at radius 3 is 1.90 bits per heavy atom. The Morgan fingerprint density at radius 2 is 1.48 bits per heavy atom. The molecule has 0 radical (unpaired) electrons. The standard InChI is InChI=1S/C17H28N2.2ClH/c1-13-7-6-8-14(2)15(13)16(17(3,4)5)19-11-9-18-10-12-19;;/h6-8,16,18H,9-12H2,1-5H3;2*1H/t16-;;/m1../s1. The zero-order valence-corrected chi connectivity index (χ0v) is 15.5. The van der Waals surface area contributed by atoms with Gasteiger partial charge in [-0.1, -0.05) is 39.0 Å². The molecule has 0 bridgehead atoms. The lowest BCUT2D eigenvalue weighted by Crippen LogP contribution is -2.48. The van der Waals surface area contributed by atoms with Crippen LogP contribution in [-0.4, -0.2) is 31.1 Å². The van der Waals surface area contributed by atoms with Gasteiger partial charge in [-0.15, -0.1) is 24.8 Å². The van der Waals surface area contributed by atoms with Crippen molar-refractivity contribution in [2.75, 3.05) is 26.2 Å².